The summed E-state index contributed by atoms with van der Waals surface area (Å²) >= 11 is 0. The van der Waals surface area contributed by atoms with Crippen LogP contribution in [-0.4, -0.2) is 88.8 Å². The van der Waals surface area contributed by atoms with E-state index >= 15 is 0 Å². The number of esters is 4. The molecule has 0 saturated carbocycles. The van der Waals surface area contributed by atoms with Crippen LogP contribution in [0.25, 0.3) is 0 Å². The van der Waals surface area contributed by atoms with Crippen LogP contribution in [0.1, 0.15) is 87.0 Å². The third-order valence-corrected chi connectivity index (χ3v) is 6.52. The minimum absolute atomic E-state index is 0.0290. The molecule has 290 valence electrons. The summed E-state index contributed by atoms with van der Waals surface area (Å²) in [4.78, 5) is 68.0. The van der Waals surface area contributed by atoms with Crippen molar-refractivity contribution in [1.29, 1.82) is 0 Å². The number of carbonyl (C=O) groups excluding carboxylic acids is 6. The monoisotopic (exact) mass is 724 g/mol. The first-order valence-corrected chi connectivity index (χ1v) is 16.9. The van der Waals surface area contributed by atoms with Crippen LogP contribution in [-0.2, 0) is 47.6 Å². The normalized spacial score (nSPS) is 10.9. The summed E-state index contributed by atoms with van der Waals surface area (Å²) < 4.78 is 29.5. The molecule has 0 spiro atoms. The van der Waals surface area contributed by atoms with Gasteiger partial charge in [0, 0.05) is 35.4 Å². The quantitative estimate of drug-likeness (QED) is 0.0521. The number of rotatable bonds is 24. The molecule has 0 heterocycles. The van der Waals surface area contributed by atoms with Gasteiger partial charge < -0.3 is 39.1 Å². The highest BCUT2D eigenvalue weighted by molar-refractivity contribution is 5.88. The van der Waals surface area contributed by atoms with Crippen LogP contribution in [0.5, 0.6) is 0 Å². The van der Waals surface area contributed by atoms with Gasteiger partial charge in [-0.2, -0.15) is 0 Å². The highest BCUT2D eigenvalue weighted by Gasteiger charge is 2.22. The molecule has 0 aliphatic rings. The standard InChI is InChI=1S/C23H38N2O8.C14H22O4/c1-16(2)19(26)30-10-12-32-21(28)24-9-8-18(5)14-23(6,7)15-25-22(29)33-13-11-31-20(27)17(3)4;1-11(2)13(15)17-9-7-5-6-8-10-18-14(16)12(3)4/h18H,1,3,8-15H2,2,4-7H3,(H,24,28)(H,25,29);1,3,5-10H2,2,4H3. The van der Waals surface area contributed by atoms with E-state index in [1.54, 1.807) is 13.8 Å². The lowest BCUT2D eigenvalue weighted by atomic mass is 9.82. The highest BCUT2D eigenvalue weighted by atomic mass is 16.6. The number of hydrogen-bond acceptors (Lipinski definition) is 12. The largest absolute Gasteiger partial charge is 0.462 e. The Bertz CT molecular complexity index is 1160. The van der Waals surface area contributed by atoms with Gasteiger partial charge in [0.15, 0.2) is 0 Å². The van der Waals surface area contributed by atoms with E-state index in [0.29, 0.717) is 37.4 Å². The first kappa shape index (κ1) is 48.5. The molecule has 0 saturated heterocycles. The van der Waals surface area contributed by atoms with Crippen molar-refractivity contribution in [2.45, 2.75) is 87.0 Å². The zero-order valence-electron chi connectivity index (χ0n) is 31.7. The summed E-state index contributed by atoms with van der Waals surface area (Å²) in [7, 11) is 0. The van der Waals surface area contributed by atoms with E-state index in [-0.39, 0.29) is 60.8 Å². The van der Waals surface area contributed by atoms with Crippen molar-refractivity contribution in [3.63, 3.8) is 0 Å². The fraction of sp³-hybridized carbons (Fsp3) is 0.622. The van der Waals surface area contributed by atoms with Crippen LogP contribution >= 0.6 is 0 Å². The second-order valence-corrected chi connectivity index (χ2v) is 12.9. The number of amides is 2. The maximum Gasteiger partial charge on any atom is 0.407 e. The highest BCUT2D eigenvalue weighted by Crippen LogP contribution is 2.26. The minimum Gasteiger partial charge on any atom is -0.462 e. The van der Waals surface area contributed by atoms with E-state index in [9.17, 15) is 28.8 Å². The Kier molecular flexibility index (Phi) is 26.7. The van der Waals surface area contributed by atoms with E-state index in [4.69, 9.17) is 28.4 Å². The van der Waals surface area contributed by atoms with Gasteiger partial charge in [-0.1, -0.05) is 47.1 Å². The van der Waals surface area contributed by atoms with Crippen molar-refractivity contribution in [2.24, 2.45) is 11.3 Å². The molecule has 2 amide bonds. The number of ether oxygens (including phenoxy) is 6. The molecule has 0 bridgehead atoms. The Morgan fingerprint density at radius 2 is 0.863 bits per heavy atom. The molecule has 0 fully saturated rings. The second-order valence-electron chi connectivity index (χ2n) is 12.9. The maximum atomic E-state index is 11.8. The smallest absolute Gasteiger partial charge is 0.407 e. The van der Waals surface area contributed by atoms with Crippen molar-refractivity contribution >= 4 is 36.1 Å². The van der Waals surface area contributed by atoms with Crippen molar-refractivity contribution in [1.82, 2.24) is 10.6 Å². The van der Waals surface area contributed by atoms with Gasteiger partial charge in [0.25, 0.3) is 0 Å². The van der Waals surface area contributed by atoms with Crippen LogP contribution < -0.4 is 10.6 Å². The summed E-state index contributed by atoms with van der Waals surface area (Å²) in [6.45, 7) is 27.8. The van der Waals surface area contributed by atoms with Gasteiger partial charge >= 0.3 is 36.1 Å². The third kappa shape index (κ3) is 30.0. The van der Waals surface area contributed by atoms with Crippen molar-refractivity contribution in [3.05, 3.63) is 48.6 Å². The number of nitrogens with one attached hydrogen (secondary N) is 2. The van der Waals surface area contributed by atoms with Gasteiger partial charge in [0.2, 0.25) is 0 Å². The molecule has 0 aromatic carbocycles. The lowest BCUT2D eigenvalue weighted by Gasteiger charge is -2.28. The Morgan fingerprint density at radius 1 is 0.529 bits per heavy atom. The Balaban J connectivity index is 0. The Labute approximate surface area is 303 Å². The predicted molar refractivity (Wildman–Crippen MR) is 192 cm³/mol. The minimum atomic E-state index is -0.583. The first-order valence-electron chi connectivity index (χ1n) is 16.9. The zero-order valence-corrected chi connectivity index (χ0v) is 31.7. The van der Waals surface area contributed by atoms with E-state index in [0.717, 1.165) is 38.5 Å². The molecule has 0 rings (SSSR count). The molecule has 0 aliphatic heterocycles. The molecule has 14 heteroatoms. The van der Waals surface area contributed by atoms with E-state index < -0.39 is 24.1 Å². The summed E-state index contributed by atoms with van der Waals surface area (Å²) in [5.41, 5.74) is 1.20. The fourth-order valence-electron chi connectivity index (χ4n) is 3.87. The summed E-state index contributed by atoms with van der Waals surface area (Å²) in [6, 6.07) is 0. The summed E-state index contributed by atoms with van der Waals surface area (Å²) in [5.74, 6) is -1.46. The predicted octanol–water partition coefficient (Wildman–Crippen LogP) is 5.91. The number of alkyl carbamates (subject to hydrolysis) is 2. The number of unbranched alkanes of at least 4 members (excludes halogenated alkanes) is 3. The van der Waals surface area contributed by atoms with Gasteiger partial charge in [-0.25, -0.2) is 28.8 Å². The van der Waals surface area contributed by atoms with E-state index in [2.05, 4.69) is 43.9 Å². The molecule has 14 nitrogen and oxygen atoms in total. The van der Waals surface area contributed by atoms with Crippen molar-refractivity contribution in [3.8, 4) is 0 Å². The third-order valence-electron chi connectivity index (χ3n) is 6.52. The van der Waals surface area contributed by atoms with E-state index in [1.807, 2.05) is 13.8 Å². The van der Waals surface area contributed by atoms with Gasteiger partial charge in [-0.15, -0.1) is 0 Å². The first-order chi connectivity index (χ1) is 23.8. The van der Waals surface area contributed by atoms with Crippen LogP contribution in [0.3, 0.4) is 0 Å². The molecule has 1 unspecified atom stereocenters. The molecule has 51 heavy (non-hydrogen) atoms. The zero-order chi connectivity index (χ0) is 39.4. The van der Waals surface area contributed by atoms with Gasteiger partial charge in [0.1, 0.15) is 26.4 Å². The Morgan fingerprint density at radius 3 is 1.24 bits per heavy atom. The lowest BCUT2D eigenvalue weighted by molar-refractivity contribution is -0.140. The van der Waals surface area contributed by atoms with Gasteiger partial charge in [-0.05, 0) is 77.6 Å². The maximum absolute atomic E-state index is 11.8. The van der Waals surface area contributed by atoms with Crippen LogP contribution in [0, 0.1) is 11.3 Å². The SMILES string of the molecule is C=C(C)C(=O)OCCCCCCOC(=O)C(=C)C.C=C(C)C(=O)OCCOC(=O)NCCC(C)CC(C)(C)CNC(=O)OCCOC(=O)C(=C)C. The number of hydrogen-bond donors (Lipinski definition) is 2. The molecule has 0 radical (unpaired) electrons. The van der Waals surface area contributed by atoms with Crippen molar-refractivity contribution < 1.29 is 57.2 Å². The molecule has 0 aliphatic carbocycles. The molecular formula is C37H60N2O12. The van der Waals surface area contributed by atoms with Gasteiger partial charge in [0.05, 0.1) is 13.2 Å². The van der Waals surface area contributed by atoms with Crippen LogP contribution in [0.4, 0.5) is 9.59 Å². The average Bonchev–Trinajstić information content (AvgIpc) is 3.04. The molecule has 0 aromatic heterocycles. The van der Waals surface area contributed by atoms with Crippen LogP contribution in [0.2, 0.25) is 0 Å². The van der Waals surface area contributed by atoms with Crippen molar-refractivity contribution in [2.75, 3.05) is 52.7 Å². The average molecular weight is 725 g/mol. The Hall–Kier alpha value is -4.62. The summed E-state index contributed by atoms with van der Waals surface area (Å²) in [5, 5.41) is 5.36. The molecule has 1 atom stereocenters. The molecular weight excluding hydrogens is 664 g/mol. The molecule has 0 aromatic rings. The second kappa shape index (κ2) is 28.1. The van der Waals surface area contributed by atoms with Crippen LogP contribution in [0.15, 0.2) is 48.6 Å². The fourth-order valence-corrected chi connectivity index (χ4v) is 3.87. The van der Waals surface area contributed by atoms with Gasteiger partial charge in [-0.3, -0.25) is 0 Å². The number of carbonyl (C=O) groups is 6. The summed E-state index contributed by atoms with van der Waals surface area (Å²) in [6.07, 6.45) is 3.87. The lowest BCUT2D eigenvalue weighted by Crippen LogP contribution is -2.36. The van der Waals surface area contributed by atoms with E-state index in [1.165, 1.54) is 13.8 Å². The molecule has 2 N–H and O–H groups in total. The topological polar surface area (TPSA) is 182 Å².